The second-order valence-corrected chi connectivity index (χ2v) is 4.93. The van der Waals surface area contributed by atoms with Gasteiger partial charge in [0.15, 0.2) is 5.82 Å². The molecule has 0 saturated heterocycles. The van der Waals surface area contributed by atoms with E-state index in [2.05, 4.69) is 15.0 Å². The van der Waals surface area contributed by atoms with Crippen molar-refractivity contribution >= 4 is 11.7 Å². The van der Waals surface area contributed by atoms with Crippen LogP contribution in [0.2, 0.25) is 0 Å². The third-order valence-electron chi connectivity index (χ3n) is 3.46. The fraction of sp³-hybridized carbons (Fsp3) is 0. The van der Waals surface area contributed by atoms with Crippen LogP contribution in [-0.4, -0.2) is 19.4 Å². The monoisotopic (exact) mass is 287 g/mol. The van der Waals surface area contributed by atoms with Crippen LogP contribution in [0.4, 0.5) is 5.95 Å². The first-order valence-electron chi connectivity index (χ1n) is 6.95. The second kappa shape index (κ2) is 4.96. The molecule has 4 aromatic rings. The highest BCUT2D eigenvalue weighted by atomic mass is 15.2. The minimum atomic E-state index is 0.374. The maximum Gasteiger partial charge on any atom is 0.239 e. The molecule has 0 amide bonds. The van der Waals surface area contributed by atoms with E-state index in [-0.39, 0.29) is 0 Å². The molecule has 0 atom stereocenters. The minimum Gasteiger partial charge on any atom is -0.369 e. The predicted octanol–water partition coefficient (Wildman–Crippen LogP) is 3.04. The molecular weight excluding hydrogens is 274 g/mol. The quantitative estimate of drug-likeness (QED) is 0.615. The van der Waals surface area contributed by atoms with Gasteiger partial charge in [0.2, 0.25) is 11.7 Å². The van der Waals surface area contributed by atoms with E-state index in [1.807, 2.05) is 66.9 Å². The molecule has 2 heterocycles. The van der Waals surface area contributed by atoms with Crippen molar-refractivity contribution in [1.29, 1.82) is 0 Å². The lowest BCUT2D eigenvalue weighted by atomic mass is 10.2. The lowest BCUT2D eigenvalue weighted by molar-refractivity contribution is 1.04. The maximum absolute atomic E-state index is 6.06. The number of imidazole rings is 1. The first kappa shape index (κ1) is 12.5. The van der Waals surface area contributed by atoms with Crippen molar-refractivity contribution in [2.45, 2.75) is 0 Å². The number of aromatic nitrogens is 4. The predicted molar refractivity (Wildman–Crippen MR) is 86.1 cm³/mol. The smallest absolute Gasteiger partial charge is 0.239 e. The van der Waals surface area contributed by atoms with E-state index in [0.717, 1.165) is 16.8 Å². The van der Waals surface area contributed by atoms with Crippen LogP contribution in [0.3, 0.4) is 0 Å². The van der Waals surface area contributed by atoms with E-state index >= 15 is 0 Å². The first-order chi connectivity index (χ1) is 10.8. The van der Waals surface area contributed by atoms with Crippen LogP contribution < -0.4 is 5.73 Å². The summed E-state index contributed by atoms with van der Waals surface area (Å²) in [5.41, 5.74) is 8.82. The number of anilines is 1. The maximum atomic E-state index is 6.06. The molecule has 106 valence electrons. The summed E-state index contributed by atoms with van der Waals surface area (Å²) in [5.74, 6) is 1.50. The summed E-state index contributed by atoms with van der Waals surface area (Å²) < 4.78 is 1.70. The van der Waals surface area contributed by atoms with Gasteiger partial charge in [-0.25, -0.2) is 4.98 Å². The van der Waals surface area contributed by atoms with Gasteiger partial charge >= 0.3 is 0 Å². The Morgan fingerprint density at radius 2 is 1.36 bits per heavy atom. The summed E-state index contributed by atoms with van der Waals surface area (Å²) >= 11 is 0. The Bertz CT molecular complexity index is 929. The van der Waals surface area contributed by atoms with Gasteiger partial charge in [-0.2, -0.15) is 9.97 Å². The largest absolute Gasteiger partial charge is 0.369 e. The SMILES string of the molecule is Nc1nc(-c2ccccc2)nc2nc(-c3ccccc3)cn12. The lowest BCUT2D eigenvalue weighted by Crippen LogP contribution is -2.03. The Kier molecular flexibility index (Phi) is 2.83. The molecule has 0 fully saturated rings. The summed E-state index contributed by atoms with van der Waals surface area (Å²) in [7, 11) is 0. The summed E-state index contributed by atoms with van der Waals surface area (Å²) in [4.78, 5) is 13.4. The van der Waals surface area contributed by atoms with Crippen molar-refractivity contribution in [3.05, 3.63) is 66.9 Å². The van der Waals surface area contributed by atoms with E-state index in [0.29, 0.717) is 17.6 Å². The number of hydrogen-bond donors (Lipinski definition) is 1. The molecule has 0 saturated carbocycles. The molecule has 0 bridgehead atoms. The van der Waals surface area contributed by atoms with Crippen LogP contribution in [0.15, 0.2) is 66.9 Å². The van der Waals surface area contributed by atoms with Crippen LogP contribution in [-0.2, 0) is 0 Å². The van der Waals surface area contributed by atoms with Gasteiger partial charge < -0.3 is 5.73 Å². The van der Waals surface area contributed by atoms with Crippen molar-refractivity contribution in [2.75, 3.05) is 5.73 Å². The van der Waals surface area contributed by atoms with Crippen LogP contribution in [0.5, 0.6) is 0 Å². The van der Waals surface area contributed by atoms with E-state index in [9.17, 15) is 0 Å². The van der Waals surface area contributed by atoms with Crippen molar-refractivity contribution in [2.24, 2.45) is 0 Å². The topological polar surface area (TPSA) is 69.1 Å². The van der Waals surface area contributed by atoms with Gasteiger partial charge in [-0.1, -0.05) is 60.7 Å². The standard InChI is InChI=1S/C17H13N5/c18-16-20-15(13-9-5-2-6-10-13)21-17-19-14(11-22(16)17)12-7-3-1-4-8-12/h1-11H,(H2,18,19,20,21). The highest BCUT2D eigenvalue weighted by Gasteiger charge is 2.11. The molecule has 0 aliphatic heterocycles. The average molecular weight is 287 g/mol. The van der Waals surface area contributed by atoms with Crippen LogP contribution in [0, 0.1) is 0 Å². The zero-order valence-corrected chi connectivity index (χ0v) is 11.7. The Hall–Kier alpha value is -3.21. The van der Waals surface area contributed by atoms with E-state index in [1.54, 1.807) is 4.40 Å². The van der Waals surface area contributed by atoms with Crippen molar-refractivity contribution < 1.29 is 0 Å². The van der Waals surface area contributed by atoms with Gasteiger partial charge in [-0.05, 0) is 0 Å². The lowest BCUT2D eigenvalue weighted by Gasteiger charge is -2.02. The molecule has 0 unspecified atom stereocenters. The molecule has 2 aromatic heterocycles. The molecule has 4 rings (SSSR count). The van der Waals surface area contributed by atoms with Crippen LogP contribution in [0.25, 0.3) is 28.4 Å². The number of benzene rings is 2. The van der Waals surface area contributed by atoms with Crippen molar-refractivity contribution in [1.82, 2.24) is 19.4 Å². The van der Waals surface area contributed by atoms with Crippen molar-refractivity contribution in [3.63, 3.8) is 0 Å². The Labute approximate surface area is 127 Å². The normalized spacial score (nSPS) is 10.9. The Morgan fingerprint density at radius 1 is 0.727 bits per heavy atom. The average Bonchev–Trinajstić information content (AvgIpc) is 3.01. The fourth-order valence-electron chi connectivity index (χ4n) is 2.36. The summed E-state index contributed by atoms with van der Waals surface area (Å²) in [5, 5.41) is 0. The Morgan fingerprint density at radius 3 is 2.05 bits per heavy atom. The number of rotatable bonds is 2. The number of nitrogen functional groups attached to an aromatic ring is 1. The Balaban J connectivity index is 1.88. The summed E-state index contributed by atoms with van der Waals surface area (Å²) in [6.45, 7) is 0. The van der Waals surface area contributed by atoms with E-state index in [1.165, 1.54) is 0 Å². The third kappa shape index (κ3) is 2.09. The minimum absolute atomic E-state index is 0.374. The molecule has 0 radical (unpaired) electrons. The molecule has 0 aliphatic rings. The molecular formula is C17H13N5. The third-order valence-corrected chi connectivity index (χ3v) is 3.46. The molecule has 0 aliphatic carbocycles. The second-order valence-electron chi connectivity index (χ2n) is 4.93. The molecule has 22 heavy (non-hydrogen) atoms. The molecule has 2 aromatic carbocycles. The van der Waals surface area contributed by atoms with Gasteiger partial charge in [0.25, 0.3) is 0 Å². The molecule has 2 N–H and O–H groups in total. The zero-order valence-electron chi connectivity index (χ0n) is 11.7. The van der Waals surface area contributed by atoms with Gasteiger partial charge in [0, 0.05) is 17.3 Å². The molecule has 5 nitrogen and oxygen atoms in total. The highest BCUT2D eigenvalue weighted by Crippen LogP contribution is 2.21. The molecule has 5 heteroatoms. The van der Waals surface area contributed by atoms with Gasteiger partial charge in [0.05, 0.1) is 5.69 Å². The van der Waals surface area contributed by atoms with Gasteiger partial charge in [0.1, 0.15) is 0 Å². The fourth-order valence-corrected chi connectivity index (χ4v) is 2.36. The number of nitrogens with zero attached hydrogens (tertiary/aromatic N) is 4. The first-order valence-corrected chi connectivity index (χ1v) is 6.95. The van der Waals surface area contributed by atoms with E-state index in [4.69, 9.17) is 5.73 Å². The van der Waals surface area contributed by atoms with Gasteiger partial charge in [-0.3, -0.25) is 4.40 Å². The number of hydrogen-bond acceptors (Lipinski definition) is 4. The van der Waals surface area contributed by atoms with E-state index < -0.39 is 0 Å². The van der Waals surface area contributed by atoms with Crippen LogP contribution in [0.1, 0.15) is 0 Å². The van der Waals surface area contributed by atoms with Gasteiger partial charge in [-0.15, -0.1) is 0 Å². The van der Waals surface area contributed by atoms with Crippen molar-refractivity contribution in [3.8, 4) is 22.6 Å². The number of fused-ring (bicyclic) bond motifs is 1. The summed E-state index contributed by atoms with van der Waals surface area (Å²) in [6, 6.07) is 19.7. The zero-order chi connectivity index (χ0) is 14.9. The molecule has 0 spiro atoms. The van der Waals surface area contributed by atoms with Crippen LogP contribution >= 0.6 is 0 Å². The highest BCUT2D eigenvalue weighted by molar-refractivity contribution is 5.64. The summed E-state index contributed by atoms with van der Waals surface area (Å²) in [6.07, 6.45) is 1.86. The number of nitrogens with two attached hydrogens (primary N) is 1.